The first-order valence-electron chi connectivity index (χ1n) is 5.23. The molecule has 17 heavy (non-hydrogen) atoms. The number of ether oxygens (including phenoxy) is 1. The van der Waals surface area contributed by atoms with Crippen molar-refractivity contribution < 1.29 is 14.7 Å². The Hall–Kier alpha value is -1.74. The molecule has 0 unspecified atom stereocenters. The first-order chi connectivity index (χ1) is 8.19. The molecule has 0 amide bonds. The van der Waals surface area contributed by atoms with Crippen molar-refractivity contribution >= 4 is 11.6 Å². The highest BCUT2D eigenvalue weighted by atomic mass is 35.5. The van der Waals surface area contributed by atoms with Crippen molar-refractivity contribution in [2.75, 3.05) is 0 Å². The van der Waals surface area contributed by atoms with Gasteiger partial charge in [0.1, 0.15) is 5.75 Å². The number of nitrogens with zero attached hydrogens (tertiary/aromatic N) is 1. The van der Waals surface area contributed by atoms with E-state index < -0.39 is 0 Å². The van der Waals surface area contributed by atoms with Gasteiger partial charge < -0.3 is 4.74 Å². The molecule has 0 bridgehead atoms. The monoisotopic (exact) mass is 250 g/mol. The van der Waals surface area contributed by atoms with Crippen LogP contribution in [-0.4, -0.2) is 5.21 Å². The molecule has 3 nitrogen and oxygen atoms in total. The number of alkyl halides is 1. The minimum atomic E-state index is 0.363. The summed E-state index contributed by atoms with van der Waals surface area (Å²) < 4.78 is 6.52. The van der Waals surface area contributed by atoms with Crippen molar-refractivity contribution in [3.8, 4) is 11.6 Å². The zero-order chi connectivity index (χ0) is 12.3. The van der Waals surface area contributed by atoms with Crippen molar-refractivity contribution in [3.05, 3.63) is 53.7 Å². The molecule has 0 fully saturated rings. The van der Waals surface area contributed by atoms with Crippen LogP contribution >= 0.6 is 11.6 Å². The number of benzene rings is 1. The summed E-state index contributed by atoms with van der Waals surface area (Å²) in [7, 11) is 0. The Morgan fingerprint density at radius 3 is 2.82 bits per heavy atom. The Labute approximate surface area is 105 Å². The number of halogens is 1. The van der Waals surface area contributed by atoms with Gasteiger partial charge in [-0.1, -0.05) is 12.1 Å². The standard InChI is InChI=1S/C13H13ClNO2/c1-10-5-6-13(15(16)9-10)17-12-4-2-3-11(7-12)8-14/h2-7,9,16H,8H2,1H3/q+1. The topological polar surface area (TPSA) is 33.3 Å². The lowest BCUT2D eigenvalue weighted by Crippen LogP contribution is -2.31. The summed E-state index contributed by atoms with van der Waals surface area (Å²) >= 11 is 5.74. The molecule has 2 rings (SSSR count). The van der Waals surface area contributed by atoms with E-state index in [1.165, 1.54) is 0 Å². The van der Waals surface area contributed by atoms with Crippen molar-refractivity contribution in [3.63, 3.8) is 0 Å². The van der Waals surface area contributed by atoms with Crippen molar-refractivity contribution in [2.24, 2.45) is 0 Å². The molecule has 0 aliphatic rings. The maximum absolute atomic E-state index is 9.64. The average Bonchev–Trinajstić information content (AvgIpc) is 2.33. The van der Waals surface area contributed by atoms with Crippen LogP contribution < -0.4 is 9.47 Å². The van der Waals surface area contributed by atoms with E-state index in [-0.39, 0.29) is 0 Å². The van der Waals surface area contributed by atoms with E-state index in [1.54, 1.807) is 12.3 Å². The largest absolute Gasteiger partial charge is 0.422 e. The predicted molar refractivity (Wildman–Crippen MR) is 64.6 cm³/mol. The number of hydrogen-bond donors (Lipinski definition) is 1. The quantitative estimate of drug-likeness (QED) is 0.516. The third-order valence-corrected chi connectivity index (χ3v) is 2.62. The lowest BCUT2D eigenvalue weighted by Gasteiger charge is -2.03. The molecule has 1 N–H and O–H groups in total. The molecule has 0 atom stereocenters. The number of hydrogen-bond acceptors (Lipinski definition) is 2. The molecule has 0 aliphatic heterocycles. The van der Waals surface area contributed by atoms with E-state index in [0.717, 1.165) is 15.9 Å². The molecule has 1 aromatic heterocycles. The fraction of sp³-hybridized carbons (Fsp3) is 0.154. The highest BCUT2D eigenvalue weighted by Gasteiger charge is 2.12. The summed E-state index contributed by atoms with van der Waals surface area (Å²) in [4.78, 5) is 0. The third-order valence-electron chi connectivity index (χ3n) is 2.32. The van der Waals surface area contributed by atoms with Crippen molar-refractivity contribution in [2.45, 2.75) is 12.8 Å². The minimum absolute atomic E-state index is 0.363. The van der Waals surface area contributed by atoms with E-state index in [2.05, 4.69) is 0 Å². The van der Waals surface area contributed by atoms with Crippen LogP contribution in [0, 0.1) is 6.92 Å². The molecule has 0 radical (unpaired) electrons. The van der Waals surface area contributed by atoms with Gasteiger partial charge in [-0.15, -0.1) is 11.6 Å². The summed E-state index contributed by atoms with van der Waals surface area (Å²) in [6.07, 6.45) is 1.58. The van der Waals surface area contributed by atoms with Gasteiger partial charge in [-0.25, -0.2) is 0 Å². The predicted octanol–water partition coefficient (Wildman–Crippen LogP) is 3.05. The zero-order valence-corrected chi connectivity index (χ0v) is 10.2. The van der Waals surface area contributed by atoms with E-state index in [0.29, 0.717) is 17.5 Å². The van der Waals surface area contributed by atoms with E-state index in [4.69, 9.17) is 16.3 Å². The van der Waals surface area contributed by atoms with Crippen LogP contribution in [0.1, 0.15) is 11.1 Å². The molecule has 0 spiro atoms. The number of pyridine rings is 1. The zero-order valence-electron chi connectivity index (χ0n) is 9.43. The Morgan fingerprint density at radius 1 is 1.29 bits per heavy atom. The van der Waals surface area contributed by atoms with Gasteiger partial charge >= 0.3 is 5.88 Å². The molecular weight excluding hydrogens is 238 g/mol. The normalized spacial score (nSPS) is 10.2. The summed E-state index contributed by atoms with van der Waals surface area (Å²) in [6, 6.07) is 11.0. The van der Waals surface area contributed by atoms with E-state index in [1.807, 2.05) is 37.3 Å². The van der Waals surface area contributed by atoms with Gasteiger partial charge in [0.05, 0.1) is 6.07 Å². The van der Waals surface area contributed by atoms with Gasteiger partial charge in [0.2, 0.25) is 6.20 Å². The van der Waals surface area contributed by atoms with Crippen LogP contribution in [0.4, 0.5) is 0 Å². The van der Waals surface area contributed by atoms with Gasteiger partial charge in [-0.3, -0.25) is 5.21 Å². The molecule has 0 saturated heterocycles. The average molecular weight is 251 g/mol. The van der Waals surface area contributed by atoms with Gasteiger partial charge in [0, 0.05) is 16.2 Å². The van der Waals surface area contributed by atoms with Crippen molar-refractivity contribution in [1.82, 2.24) is 0 Å². The van der Waals surface area contributed by atoms with Crippen LogP contribution in [0.15, 0.2) is 42.6 Å². The Balaban J connectivity index is 2.25. The van der Waals surface area contributed by atoms with E-state index >= 15 is 0 Å². The highest BCUT2D eigenvalue weighted by molar-refractivity contribution is 6.17. The number of rotatable bonds is 3. The van der Waals surface area contributed by atoms with Gasteiger partial charge in [0.15, 0.2) is 0 Å². The SMILES string of the molecule is Cc1ccc(Oc2cccc(CCl)c2)[n+](O)c1. The van der Waals surface area contributed by atoms with E-state index in [9.17, 15) is 5.21 Å². The first kappa shape index (κ1) is 11.7. The Kier molecular flexibility index (Phi) is 3.49. The summed E-state index contributed by atoms with van der Waals surface area (Å²) in [5.41, 5.74) is 1.93. The lowest BCUT2D eigenvalue weighted by molar-refractivity contribution is -0.906. The minimum Gasteiger partial charge on any atom is -0.402 e. The molecule has 2 aromatic rings. The van der Waals surface area contributed by atoms with Gasteiger partial charge in [-0.2, -0.15) is 0 Å². The van der Waals surface area contributed by atoms with Gasteiger partial charge in [-0.05, 0) is 30.7 Å². The second kappa shape index (κ2) is 5.06. The molecule has 1 heterocycles. The van der Waals surface area contributed by atoms with Gasteiger partial charge in [0.25, 0.3) is 0 Å². The Bertz CT molecular complexity index is 529. The van der Waals surface area contributed by atoms with Crippen LogP contribution in [0.3, 0.4) is 0 Å². The fourth-order valence-electron chi connectivity index (χ4n) is 1.47. The second-order valence-corrected chi connectivity index (χ2v) is 4.04. The molecule has 4 heteroatoms. The molecule has 0 aliphatic carbocycles. The molecule has 0 saturated carbocycles. The van der Waals surface area contributed by atoms with Crippen LogP contribution in [0.25, 0.3) is 0 Å². The smallest absolute Gasteiger partial charge is 0.402 e. The maximum atomic E-state index is 9.64. The first-order valence-corrected chi connectivity index (χ1v) is 5.77. The third kappa shape index (κ3) is 2.88. The number of aryl methyl sites for hydroxylation is 1. The van der Waals surface area contributed by atoms with Crippen molar-refractivity contribution in [1.29, 1.82) is 0 Å². The van der Waals surface area contributed by atoms with Crippen LogP contribution in [0.2, 0.25) is 0 Å². The Morgan fingerprint density at radius 2 is 2.12 bits per heavy atom. The molecular formula is C13H13ClNO2+. The fourth-order valence-corrected chi connectivity index (χ4v) is 1.64. The van der Waals surface area contributed by atoms with Crippen LogP contribution in [-0.2, 0) is 5.88 Å². The lowest BCUT2D eigenvalue weighted by atomic mass is 10.2. The molecule has 88 valence electrons. The number of aromatic nitrogens is 1. The second-order valence-electron chi connectivity index (χ2n) is 3.77. The summed E-state index contributed by atoms with van der Waals surface area (Å²) in [5, 5.41) is 9.64. The maximum Gasteiger partial charge on any atom is 0.422 e. The summed E-state index contributed by atoms with van der Waals surface area (Å²) in [6.45, 7) is 1.89. The van der Waals surface area contributed by atoms with Crippen LogP contribution in [0.5, 0.6) is 11.6 Å². The highest BCUT2D eigenvalue weighted by Crippen LogP contribution is 2.20. The summed E-state index contributed by atoms with van der Waals surface area (Å²) in [5.74, 6) is 1.45. The molecule has 1 aromatic carbocycles.